The van der Waals surface area contributed by atoms with E-state index in [0.29, 0.717) is 18.4 Å². The van der Waals surface area contributed by atoms with Gasteiger partial charge in [-0.1, -0.05) is 25.7 Å². The van der Waals surface area contributed by atoms with Crippen molar-refractivity contribution in [3.8, 4) is 11.8 Å². The number of carbonyl (C=O) groups excluding carboxylic acids is 1. The van der Waals surface area contributed by atoms with Gasteiger partial charge in [-0.25, -0.2) is 4.79 Å². The molecule has 0 heterocycles. The number of hydrogen-bond acceptors (Lipinski definition) is 2. The second-order valence-corrected chi connectivity index (χ2v) is 4.63. The van der Waals surface area contributed by atoms with Gasteiger partial charge in [-0.3, -0.25) is 0 Å². The van der Waals surface area contributed by atoms with Gasteiger partial charge in [0.15, 0.2) is 6.61 Å². The van der Waals surface area contributed by atoms with Crippen molar-refractivity contribution in [2.24, 2.45) is 11.8 Å². The fourth-order valence-electron chi connectivity index (χ4n) is 1.27. The van der Waals surface area contributed by atoms with Crippen LogP contribution in [0.15, 0.2) is 0 Å². The van der Waals surface area contributed by atoms with E-state index in [4.69, 9.17) is 4.74 Å². The van der Waals surface area contributed by atoms with E-state index >= 15 is 0 Å². The molecule has 1 rings (SSSR count). The van der Waals surface area contributed by atoms with E-state index in [9.17, 15) is 4.79 Å². The molecule has 0 saturated heterocycles. The zero-order valence-electron chi connectivity index (χ0n) is 10.2. The summed E-state index contributed by atoms with van der Waals surface area (Å²) in [5.74, 6) is 7.14. The van der Waals surface area contributed by atoms with Crippen LogP contribution in [-0.2, 0) is 4.74 Å². The highest BCUT2D eigenvalue weighted by molar-refractivity contribution is 5.67. The first kappa shape index (κ1) is 12.9. The number of amides is 1. The number of ether oxygens (including phenoxy) is 1. The maximum Gasteiger partial charge on any atom is 0.408 e. The Morgan fingerprint density at radius 3 is 2.88 bits per heavy atom. The van der Waals surface area contributed by atoms with Crippen LogP contribution in [0, 0.1) is 23.7 Å². The lowest BCUT2D eigenvalue weighted by Gasteiger charge is -2.06. The highest BCUT2D eigenvalue weighted by Gasteiger charge is 2.17. The third-order valence-electron chi connectivity index (χ3n) is 2.39. The fraction of sp³-hybridized carbons (Fsp3) is 0.769. The van der Waals surface area contributed by atoms with E-state index in [2.05, 4.69) is 31.0 Å². The Bertz CT molecular complexity index is 271. The standard InChI is InChI=1S/C13H21NO2/c1-11(2)5-3-9-14-13(15)16-10-4-6-12-7-8-12/h11-12H,3,5,7-10H2,1-2H3,(H,14,15). The minimum atomic E-state index is -0.353. The maximum absolute atomic E-state index is 11.1. The van der Waals surface area contributed by atoms with E-state index in [1.165, 1.54) is 12.8 Å². The number of carbonyl (C=O) groups is 1. The molecule has 1 aliphatic carbocycles. The summed E-state index contributed by atoms with van der Waals surface area (Å²) in [5.41, 5.74) is 0. The largest absolute Gasteiger partial charge is 0.436 e. The van der Waals surface area contributed by atoms with Crippen LogP contribution in [0.3, 0.4) is 0 Å². The second-order valence-electron chi connectivity index (χ2n) is 4.63. The van der Waals surface area contributed by atoms with Crippen LogP contribution in [0.5, 0.6) is 0 Å². The highest BCUT2D eigenvalue weighted by Crippen LogP contribution is 2.27. The molecule has 0 aromatic rings. The predicted octanol–water partition coefficient (Wildman–Crippen LogP) is 2.56. The summed E-state index contributed by atoms with van der Waals surface area (Å²) in [7, 11) is 0. The average Bonchev–Trinajstić information content (AvgIpc) is 3.03. The van der Waals surface area contributed by atoms with Crippen LogP contribution >= 0.6 is 0 Å². The Balaban J connectivity index is 1.92. The van der Waals surface area contributed by atoms with Crippen molar-refractivity contribution >= 4 is 6.09 Å². The van der Waals surface area contributed by atoms with Crippen molar-refractivity contribution in [2.75, 3.05) is 13.2 Å². The van der Waals surface area contributed by atoms with Crippen molar-refractivity contribution in [2.45, 2.75) is 39.5 Å². The number of rotatable bonds is 5. The van der Waals surface area contributed by atoms with Crippen LogP contribution in [-0.4, -0.2) is 19.2 Å². The molecule has 16 heavy (non-hydrogen) atoms. The van der Waals surface area contributed by atoms with Gasteiger partial charge in [-0.15, -0.1) is 0 Å². The van der Waals surface area contributed by atoms with Crippen molar-refractivity contribution in [1.29, 1.82) is 0 Å². The summed E-state index contributed by atoms with van der Waals surface area (Å²) in [6.45, 7) is 5.25. The van der Waals surface area contributed by atoms with Gasteiger partial charge in [-0.05, 0) is 31.6 Å². The molecule has 0 aliphatic heterocycles. The zero-order valence-corrected chi connectivity index (χ0v) is 10.2. The Morgan fingerprint density at radius 2 is 2.25 bits per heavy atom. The molecule has 1 amide bonds. The van der Waals surface area contributed by atoms with Gasteiger partial charge < -0.3 is 10.1 Å². The monoisotopic (exact) mass is 223 g/mol. The first-order valence-corrected chi connectivity index (χ1v) is 6.07. The normalized spacial score (nSPS) is 14.2. The molecule has 90 valence electrons. The fourth-order valence-corrected chi connectivity index (χ4v) is 1.27. The molecule has 0 spiro atoms. The van der Waals surface area contributed by atoms with Crippen molar-refractivity contribution in [1.82, 2.24) is 5.32 Å². The maximum atomic E-state index is 11.1. The molecule has 1 fully saturated rings. The Kier molecular flexibility index (Phi) is 5.77. The minimum Gasteiger partial charge on any atom is -0.436 e. The van der Waals surface area contributed by atoms with Gasteiger partial charge in [0, 0.05) is 12.5 Å². The van der Waals surface area contributed by atoms with Gasteiger partial charge in [0.25, 0.3) is 0 Å². The van der Waals surface area contributed by atoms with E-state index in [1.807, 2.05) is 0 Å². The molecule has 1 saturated carbocycles. The third-order valence-corrected chi connectivity index (χ3v) is 2.39. The Labute approximate surface area is 97.9 Å². The molecule has 0 atom stereocenters. The summed E-state index contributed by atoms with van der Waals surface area (Å²) < 4.78 is 4.90. The summed E-state index contributed by atoms with van der Waals surface area (Å²) in [6, 6.07) is 0. The molecule has 0 unspecified atom stereocenters. The lowest BCUT2D eigenvalue weighted by Crippen LogP contribution is -2.25. The SMILES string of the molecule is CC(C)CCCNC(=O)OCC#CC1CC1. The summed E-state index contributed by atoms with van der Waals surface area (Å²) in [4.78, 5) is 11.1. The summed E-state index contributed by atoms with van der Waals surface area (Å²) in [5, 5.41) is 2.71. The van der Waals surface area contributed by atoms with E-state index in [-0.39, 0.29) is 12.7 Å². The predicted molar refractivity (Wildman–Crippen MR) is 63.9 cm³/mol. The van der Waals surface area contributed by atoms with Crippen LogP contribution < -0.4 is 5.32 Å². The average molecular weight is 223 g/mol. The molecule has 1 aliphatic rings. The Morgan fingerprint density at radius 1 is 1.50 bits per heavy atom. The van der Waals surface area contributed by atoms with E-state index in [1.54, 1.807) is 0 Å². The summed E-state index contributed by atoms with van der Waals surface area (Å²) in [6.07, 6.45) is 4.18. The molecule has 3 heteroatoms. The van der Waals surface area contributed by atoms with Crippen molar-refractivity contribution in [3.63, 3.8) is 0 Å². The number of nitrogens with one attached hydrogen (secondary N) is 1. The minimum absolute atomic E-state index is 0.215. The van der Waals surface area contributed by atoms with Gasteiger partial charge in [-0.2, -0.15) is 0 Å². The second kappa shape index (κ2) is 7.16. The van der Waals surface area contributed by atoms with Gasteiger partial charge in [0.1, 0.15) is 0 Å². The van der Waals surface area contributed by atoms with E-state index < -0.39 is 0 Å². The number of alkyl carbamates (subject to hydrolysis) is 1. The van der Waals surface area contributed by atoms with Crippen LogP contribution in [0.4, 0.5) is 4.79 Å². The van der Waals surface area contributed by atoms with Crippen molar-refractivity contribution < 1.29 is 9.53 Å². The molecular weight excluding hydrogens is 202 g/mol. The molecule has 0 aromatic heterocycles. The lowest BCUT2D eigenvalue weighted by molar-refractivity contribution is 0.160. The molecule has 0 aromatic carbocycles. The third kappa shape index (κ3) is 7.17. The molecule has 0 radical (unpaired) electrons. The van der Waals surface area contributed by atoms with Crippen LogP contribution in [0.1, 0.15) is 39.5 Å². The topological polar surface area (TPSA) is 38.3 Å². The molecule has 0 bridgehead atoms. The van der Waals surface area contributed by atoms with Crippen molar-refractivity contribution in [3.05, 3.63) is 0 Å². The van der Waals surface area contributed by atoms with E-state index in [0.717, 1.165) is 12.8 Å². The molecule has 3 nitrogen and oxygen atoms in total. The van der Waals surface area contributed by atoms with Gasteiger partial charge in [0.05, 0.1) is 0 Å². The lowest BCUT2D eigenvalue weighted by atomic mass is 10.1. The van der Waals surface area contributed by atoms with Crippen LogP contribution in [0.25, 0.3) is 0 Å². The zero-order chi connectivity index (χ0) is 11.8. The molecular formula is C13H21NO2. The van der Waals surface area contributed by atoms with Gasteiger partial charge >= 0.3 is 6.09 Å². The van der Waals surface area contributed by atoms with Crippen LogP contribution in [0.2, 0.25) is 0 Å². The highest BCUT2D eigenvalue weighted by atomic mass is 16.5. The Hall–Kier alpha value is -1.17. The quantitative estimate of drug-likeness (QED) is 0.574. The summed E-state index contributed by atoms with van der Waals surface area (Å²) >= 11 is 0. The smallest absolute Gasteiger partial charge is 0.408 e. The van der Waals surface area contributed by atoms with Gasteiger partial charge in [0.2, 0.25) is 0 Å². The molecule has 1 N–H and O–H groups in total. The first-order chi connectivity index (χ1) is 7.68. The number of hydrogen-bond donors (Lipinski definition) is 1. The first-order valence-electron chi connectivity index (χ1n) is 6.07.